The number of hydrogen-bond donors (Lipinski definition) is 2. The van der Waals surface area contributed by atoms with E-state index >= 15 is 0 Å². The Bertz CT molecular complexity index is 871. The Morgan fingerprint density at radius 1 is 1.00 bits per heavy atom. The second kappa shape index (κ2) is 7.57. The molecular formula is C24H32O4. The number of fused-ring (bicyclic) bond motifs is 6. The van der Waals surface area contributed by atoms with Crippen molar-refractivity contribution >= 4 is 10.8 Å². The molecule has 0 amide bonds. The number of aliphatic hydroxyl groups is 2. The van der Waals surface area contributed by atoms with Gasteiger partial charge in [-0.25, -0.2) is 0 Å². The molecule has 2 aliphatic carbocycles. The molecule has 2 aliphatic rings. The van der Waals surface area contributed by atoms with Crippen LogP contribution in [-0.2, 0) is 6.42 Å². The zero-order chi connectivity index (χ0) is 20.0. The van der Waals surface area contributed by atoms with Crippen LogP contribution in [0.1, 0.15) is 69.1 Å². The molecule has 1 fully saturated rings. The first kappa shape index (κ1) is 19.5. The highest BCUT2D eigenvalue weighted by Gasteiger charge is 2.46. The van der Waals surface area contributed by atoms with E-state index in [0.717, 1.165) is 35.1 Å². The van der Waals surface area contributed by atoms with Gasteiger partial charge in [-0.15, -0.1) is 0 Å². The van der Waals surface area contributed by atoms with Crippen LogP contribution in [0, 0.1) is 5.92 Å². The van der Waals surface area contributed by atoms with Crippen LogP contribution < -0.4 is 9.47 Å². The minimum absolute atomic E-state index is 0.289. The van der Waals surface area contributed by atoms with Crippen molar-refractivity contribution in [3.8, 4) is 11.5 Å². The molecule has 0 spiro atoms. The van der Waals surface area contributed by atoms with Crippen LogP contribution in [0.5, 0.6) is 11.5 Å². The van der Waals surface area contributed by atoms with Gasteiger partial charge in [0.1, 0.15) is 24.7 Å². The second-order valence-corrected chi connectivity index (χ2v) is 8.75. The predicted octanol–water partition coefficient (Wildman–Crippen LogP) is 4.53. The highest BCUT2D eigenvalue weighted by Crippen LogP contribution is 2.63. The Balaban J connectivity index is 1.99. The molecule has 0 saturated heterocycles. The zero-order valence-corrected chi connectivity index (χ0v) is 17.4. The summed E-state index contributed by atoms with van der Waals surface area (Å²) in [6.45, 7) is 8.59. The van der Waals surface area contributed by atoms with Crippen molar-refractivity contribution in [2.45, 2.75) is 71.0 Å². The summed E-state index contributed by atoms with van der Waals surface area (Å²) in [5.74, 6) is 3.48. The summed E-state index contributed by atoms with van der Waals surface area (Å²) in [5, 5.41) is 21.9. The Morgan fingerprint density at radius 2 is 1.68 bits per heavy atom. The van der Waals surface area contributed by atoms with Gasteiger partial charge in [0, 0.05) is 21.9 Å². The maximum Gasteiger partial charge on any atom is 0.131 e. The molecule has 4 rings (SSSR count). The summed E-state index contributed by atoms with van der Waals surface area (Å²) >= 11 is 0. The molecule has 2 bridgehead atoms. The first-order chi connectivity index (χ1) is 13.4. The molecule has 2 N–H and O–H groups in total. The number of aliphatic hydroxyl groups excluding tert-OH is 2. The fourth-order valence-electron chi connectivity index (χ4n) is 5.25. The van der Waals surface area contributed by atoms with E-state index in [1.165, 1.54) is 23.1 Å². The van der Waals surface area contributed by atoms with E-state index in [4.69, 9.17) is 9.47 Å². The lowest BCUT2D eigenvalue weighted by Gasteiger charge is -2.29. The third kappa shape index (κ3) is 3.17. The van der Waals surface area contributed by atoms with E-state index in [0.29, 0.717) is 24.4 Å². The summed E-state index contributed by atoms with van der Waals surface area (Å²) < 4.78 is 12.5. The van der Waals surface area contributed by atoms with E-state index < -0.39 is 12.2 Å². The van der Waals surface area contributed by atoms with Crippen molar-refractivity contribution in [1.29, 1.82) is 0 Å². The maximum absolute atomic E-state index is 9.86. The minimum Gasteiger partial charge on any atom is -0.490 e. The van der Waals surface area contributed by atoms with E-state index in [2.05, 4.69) is 32.0 Å². The molecule has 0 aromatic heterocycles. The van der Waals surface area contributed by atoms with Gasteiger partial charge < -0.3 is 19.7 Å². The fourth-order valence-corrected chi connectivity index (χ4v) is 5.25. The van der Waals surface area contributed by atoms with Crippen molar-refractivity contribution in [1.82, 2.24) is 0 Å². The third-order valence-corrected chi connectivity index (χ3v) is 6.38. The van der Waals surface area contributed by atoms with Gasteiger partial charge in [-0.05, 0) is 56.4 Å². The van der Waals surface area contributed by atoms with Crippen molar-refractivity contribution in [2.24, 2.45) is 5.92 Å². The number of rotatable bonds is 7. The van der Waals surface area contributed by atoms with E-state index in [-0.39, 0.29) is 6.61 Å². The number of aryl methyl sites for hydroxylation is 1. The molecule has 0 heterocycles. The molecule has 4 nitrogen and oxygen atoms in total. The van der Waals surface area contributed by atoms with Gasteiger partial charge >= 0.3 is 0 Å². The molecule has 5 unspecified atom stereocenters. The van der Waals surface area contributed by atoms with Crippen LogP contribution in [0.2, 0.25) is 0 Å². The van der Waals surface area contributed by atoms with Crippen LogP contribution in [0.15, 0.2) is 18.2 Å². The minimum atomic E-state index is -0.512. The van der Waals surface area contributed by atoms with Crippen molar-refractivity contribution < 1.29 is 19.7 Å². The lowest BCUT2D eigenvalue weighted by atomic mass is 9.81. The molecule has 1 saturated carbocycles. The summed E-state index contributed by atoms with van der Waals surface area (Å²) in [4.78, 5) is 0. The van der Waals surface area contributed by atoms with Gasteiger partial charge in [0.2, 0.25) is 0 Å². The van der Waals surface area contributed by atoms with Crippen LogP contribution in [0.25, 0.3) is 10.8 Å². The first-order valence-electron chi connectivity index (χ1n) is 10.6. The fraction of sp³-hybridized carbons (Fsp3) is 0.583. The van der Waals surface area contributed by atoms with Crippen LogP contribution in [0.3, 0.4) is 0 Å². The van der Waals surface area contributed by atoms with Crippen LogP contribution >= 0.6 is 0 Å². The van der Waals surface area contributed by atoms with Crippen molar-refractivity contribution in [2.75, 3.05) is 13.2 Å². The van der Waals surface area contributed by atoms with Crippen LogP contribution in [-0.4, -0.2) is 35.6 Å². The van der Waals surface area contributed by atoms with Gasteiger partial charge in [0.05, 0.1) is 12.2 Å². The number of hydrogen-bond acceptors (Lipinski definition) is 4. The molecule has 152 valence electrons. The SMILES string of the molecule is CCc1cccc2c(OCC(C)O)c3c(c(OCC(C)O)c12)C1CC(C)C3C1. The van der Waals surface area contributed by atoms with Crippen molar-refractivity contribution in [3.05, 3.63) is 34.9 Å². The van der Waals surface area contributed by atoms with Gasteiger partial charge in [0.25, 0.3) is 0 Å². The quantitative estimate of drug-likeness (QED) is 0.736. The molecular weight excluding hydrogens is 352 g/mol. The first-order valence-corrected chi connectivity index (χ1v) is 10.6. The normalized spacial score (nSPS) is 25.0. The average Bonchev–Trinajstić information content (AvgIpc) is 3.21. The summed E-state index contributed by atoms with van der Waals surface area (Å²) in [6.07, 6.45) is 2.20. The number of ether oxygens (including phenoxy) is 2. The molecule has 2 aromatic carbocycles. The Kier molecular flexibility index (Phi) is 5.28. The molecule has 5 atom stereocenters. The lowest BCUT2D eigenvalue weighted by Crippen LogP contribution is -2.18. The van der Waals surface area contributed by atoms with E-state index in [1.807, 2.05) is 0 Å². The Morgan fingerprint density at radius 3 is 2.32 bits per heavy atom. The Labute approximate surface area is 167 Å². The van der Waals surface area contributed by atoms with E-state index in [9.17, 15) is 10.2 Å². The molecule has 2 aromatic rings. The van der Waals surface area contributed by atoms with Gasteiger partial charge in [-0.3, -0.25) is 0 Å². The maximum atomic E-state index is 9.86. The molecule has 0 radical (unpaired) electrons. The largest absolute Gasteiger partial charge is 0.490 e. The predicted molar refractivity (Wildman–Crippen MR) is 112 cm³/mol. The second-order valence-electron chi connectivity index (χ2n) is 8.75. The Hall–Kier alpha value is -1.78. The molecule has 4 heteroatoms. The summed E-state index contributed by atoms with van der Waals surface area (Å²) in [7, 11) is 0. The zero-order valence-electron chi connectivity index (χ0n) is 17.4. The molecule has 28 heavy (non-hydrogen) atoms. The highest BCUT2D eigenvalue weighted by atomic mass is 16.5. The van der Waals surface area contributed by atoms with Gasteiger partial charge in [-0.2, -0.15) is 0 Å². The van der Waals surface area contributed by atoms with Crippen LogP contribution in [0.4, 0.5) is 0 Å². The molecule has 0 aliphatic heterocycles. The average molecular weight is 385 g/mol. The summed E-state index contributed by atoms with van der Waals surface area (Å²) in [5.41, 5.74) is 3.81. The summed E-state index contributed by atoms with van der Waals surface area (Å²) in [6, 6.07) is 6.34. The van der Waals surface area contributed by atoms with E-state index in [1.54, 1.807) is 13.8 Å². The standard InChI is InChI=1S/C24H32O4/c1-5-16-7-6-8-18-20(16)24(28-12-15(4)26)21-17-9-13(2)19(10-17)22(21)23(18)27-11-14(3)25/h6-8,13-15,17,19,25-26H,5,9-12H2,1-4H3. The highest BCUT2D eigenvalue weighted by molar-refractivity contribution is 5.99. The van der Waals surface area contributed by atoms with Gasteiger partial charge in [0.15, 0.2) is 0 Å². The smallest absolute Gasteiger partial charge is 0.131 e. The van der Waals surface area contributed by atoms with Gasteiger partial charge in [-0.1, -0.05) is 32.0 Å². The third-order valence-electron chi connectivity index (χ3n) is 6.38. The monoisotopic (exact) mass is 384 g/mol. The topological polar surface area (TPSA) is 58.9 Å². The van der Waals surface area contributed by atoms with Crippen molar-refractivity contribution in [3.63, 3.8) is 0 Å². The number of benzene rings is 2. The lowest BCUT2D eigenvalue weighted by molar-refractivity contribution is 0.120.